The fourth-order valence-corrected chi connectivity index (χ4v) is 3.46. The zero-order valence-corrected chi connectivity index (χ0v) is 12.7. The van der Waals surface area contributed by atoms with Crippen LogP contribution in [-0.4, -0.2) is 54.3 Å². The molecule has 9 heteroatoms. The molecule has 0 saturated heterocycles. The van der Waals surface area contributed by atoms with E-state index in [1.165, 1.54) is 0 Å². The number of aryl methyl sites for hydroxylation is 1. The Labute approximate surface area is 131 Å². The zero-order chi connectivity index (χ0) is 17.0. The highest BCUT2D eigenvalue weighted by Gasteiger charge is 2.49. The van der Waals surface area contributed by atoms with E-state index in [4.69, 9.17) is 0 Å². The van der Waals surface area contributed by atoms with Gasteiger partial charge in [0.15, 0.2) is 0 Å². The van der Waals surface area contributed by atoms with Gasteiger partial charge in [-0.1, -0.05) is 0 Å². The van der Waals surface area contributed by atoms with Gasteiger partial charge in [0.05, 0.1) is 24.4 Å². The van der Waals surface area contributed by atoms with Crippen LogP contribution >= 0.6 is 0 Å². The van der Waals surface area contributed by atoms with E-state index in [1.807, 2.05) is 0 Å². The molecule has 3 rings (SSSR count). The van der Waals surface area contributed by atoms with Crippen molar-refractivity contribution in [2.75, 3.05) is 6.61 Å². The van der Waals surface area contributed by atoms with E-state index in [9.17, 15) is 28.9 Å². The average molecular weight is 331 g/mol. The molecule has 1 amide bonds. The Morgan fingerprint density at radius 1 is 1.48 bits per heavy atom. The second-order valence-electron chi connectivity index (χ2n) is 6.47. The van der Waals surface area contributed by atoms with Gasteiger partial charge in [0.2, 0.25) is 0 Å². The van der Waals surface area contributed by atoms with Gasteiger partial charge in [-0.05, 0) is 13.3 Å². The molecule has 0 aliphatic carbocycles. The molecule has 0 saturated carbocycles. The molecule has 0 fully saturated rings. The number of aliphatic hydroxyl groups is 2. The Kier molecular flexibility index (Phi) is 3.60. The summed E-state index contributed by atoms with van der Waals surface area (Å²) in [5.41, 5.74) is -1.50. The molecule has 2 aliphatic rings. The topological polar surface area (TPSA) is 98.8 Å². The van der Waals surface area contributed by atoms with Crippen molar-refractivity contribution >= 4 is 6.09 Å². The third-order valence-electron chi connectivity index (χ3n) is 4.71. The molecule has 7 nitrogen and oxygen atoms in total. The van der Waals surface area contributed by atoms with E-state index in [0.717, 1.165) is 9.58 Å². The first-order valence-corrected chi connectivity index (χ1v) is 7.46. The Balaban J connectivity index is 2.06. The summed E-state index contributed by atoms with van der Waals surface area (Å²) >= 11 is 0. The molecule has 3 N–H and O–H groups in total. The summed E-state index contributed by atoms with van der Waals surface area (Å²) in [5.74, 6) is -3.39. The zero-order valence-electron chi connectivity index (χ0n) is 12.7. The summed E-state index contributed by atoms with van der Waals surface area (Å²) in [5, 5.41) is 32.7. The maximum atomic E-state index is 14.7. The van der Waals surface area contributed by atoms with Crippen LogP contribution in [0.2, 0.25) is 0 Å². The molecule has 3 heterocycles. The number of aromatic nitrogens is 2. The highest BCUT2D eigenvalue weighted by Crippen LogP contribution is 2.44. The highest BCUT2D eigenvalue weighted by molar-refractivity contribution is 5.66. The number of fused-ring (bicyclic) bond motifs is 3. The number of nitrogens with zero attached hydrogens (tertiary/aromatic N) is 3. The van der Waals surface area contributed by atoms with E-state index in [2.05, 4.69) is 5.10 Å². The summed E-state index contributed by atoms with van der Waals surface area (Å²) in [7, 11) is 0. The third kappa shape index (κ3) is 2.57. The summed E-state index contributed by atoms with van der Waals surface area (Å²) in [4.78, 5) is 12.4. The molecule has 128 valence electrons. The van der Waals surface area contributed by atoms with Crippen LogP contribution in [0.5, 0.6) is 0 Å². The maximum absolute atomic E-state index is 14.7. The Morgan fingerprint density at radius 2 is 2.17 bits per heavy atom. The number of hydrogen-bond donors (Lipinski definition) is 3. The van der Waals surface area contributed by atoms with Crippen molar-refractivity contribution in [3.8, 4) is 0 Å². The Hall–Kier alpha value is -1.74. The quantitative estimate of drug-likeness (QED) is 0.711. The summed E-state index contributed by atoms with van der Waals surface area (Å²) in [6.45, 7) is 0.864. The van der Waals surface area contributed by atoms with Crippen LogP contribution in [0.15, 0.2) is 0 Å². The van der Waals surface area contributed by atoms with Crippen molar-refractivity contribution in [1.29, 1.82) is 0 Å². The lowest BCUT2D eigenvalue weighted by Gasteiger charge is -2.32. The van der Waals surface area contributed by atoms with Gasteiger partial charge in [-0.2, -0.15) is 13.9 Å². The number of halogens is 2. The maximum Gasteiger partial charge on any atom is 0.407 e. The number of hydrogen-bond acceptors (Lipinski definition) is 4. The number of amides is 1. The Bertz CT molecular complexity index is 648. The minimum absolute atomic E-state index is 0.0369. The van der Waals surface area contributed by atoms with Crippen LogP contribution in [0.25, 0.3) is 0 Å². The minimum atomic E-state index is -3.39. The number of carbonyl (C=O) groups is 1. The fourth-order valence-electron chi connectivity index (χ4n) is 3.46. The molecule has 2 aliphatic heterocycles. The fraction of sp³-hybridized carbons (Fsp3) is 0.714. The first-order chi connectivity index (χ1) is 10.7. The van der Waals surface area contributed by atoms with Crippen LogP contribution in [-0.2, 0) is 25.4 Å². The predicted molar refractivity (Wildman–Crippen MR) is 74.1 cm³/mol. The first kappa shape index (κ1) is 16.1. The van der Waals surface area contributed by atoms with Crippen molar-refractivity contribution in [3.63, 3.8) is 0 Å². The largest absolute Gasteiger partial charge is 0.465 e. The van der Waals surface area contributed by atoms with E-state index < -0.39 is 30.6 Å². The standard InChI is InChI=1S/C14H19F2N3O4/c1-8-4-10-9(5-18(8)12(21)22)11-14(15,16)6-13(23,7-20)2-3-19(11)17-10/h8,20,23H,2-7H2,1H3,(H,21,22)/t8-,13?/m1/s1. The van der Waals surface area contributed by atoms with Crippen molar-refractivity contribution in [1.82, 2.24) is 14.7 Å². The van der Waals surface area contributed by atoms with Crippen LogP contribution in [0.1, 0.15) is 36.7 Å². The van der Waals surface area contributed by atoms with Crippen LogP contribution < -0.4 is 0 Å². The lowest BCUT2D eigenvalue weighted by Crippen LogP contribution is -2.42. The summed E-state index contributed by atoms with van der Waals surface area (Å²) < 4.78 is 30.5. The third-order valence-corrected chi connectivity index (χ3v) is 4.71. The molecule has 0 bridgehead atoms. The molecule has 1 unspecified atom stereocenters. The number of rotatable bonds is 1. The lowest BCUT2D eigenvalue weighted by molar-refractivity contribution is -0.112. The van der Waals surface area contributed by atoms with Gasteiger partial charge in [0, 0.05) is 31.0 Å². The molecule has 0 radical (unpaired) electrons. The first-order valence-electron chi connectivity index (χ1n) is 7.46. The second kappa shape index (κ2) is 5.13. The van der Waals surface area contributed by atoms with Gasteiger partial charge in [-0.25, -0.2) is 4.79 Å². The average Bonchev–Trinajstić information content (AvgIpc) is 2.77. The van der Waals surface area contributed by atoms with Crippen LogP contribution in [0.3, 0.4) is 0 Å². The molecular formula is C14H19F2N3O4. The minimum Gasteiger partial charge on any atom is -0.465 e. The highest BCUT2D eigenvalue weighted by atomic mass is 19.3. The van der Waals surface area contributed by atoms with Crippen molar-refractivity contribution in [2.45, 2.75) is 56.8 Å². The molecule has 0 spiro atoms. The van der Waals surface area contributed by atoms with E-state index in [-0.39, 0.29) is 43.2 Å². The summed E-state index contributed by atoms with van der Waals surface area (Å²) in [6.07, 6.45) is -1.82. The van der Waals surface area contributed by atoms with Crippen molar-refractivity contribution < 1.29 is 28.9 Å². The molecule has 2 atom stereocenters. The monoisotopic (exact) mass is 331 g/mol. The SMILES string of the molecule is C[C@@H]1Cc2nn3c(c2CN1C(=O)O)C(F)(F)CC(O)(CO)CC3. The lowest BCUT2D eigenvalue weighted by atomic mass is 9.90. The molecular weight excluding hydrogens is 312 g/mol. The van der Waals surface area contributed by atoms with E-state index >= 15 is 0 Å². The second-order valence-corrected chi connectivity index (χ2v) is 6.47. The number of aliphatic hydroxyl groups excluding tert-OH is 1. The van der Waals surface area contributed by atoms with Gasteiger partial charge in [0.25, 0.3) is 5.92 Å². The Morgan fingerprint density at radius 3 is 2.78 bits per heavy atom. The van der Waals surface area contributed by atoms with Gasteiger partial charge < -0.3 is 20.2 Å². The van der Waals surface area contributed by atoms with Crippen molar-refractivity contribution in [3.05, 3.63) is 17.0 Å². The van der Waals surface area contributed by atoms with Gasteiger partial charge in [0.1, 0.15) is 5.69 Å². The van der Waals surface area contributed by atoms with E-state index in [1.54, 1.807) is 6.92 Å². The predicted octanol–water partition coefficient (Wildman–Crippen LogP) is 0.917. The van der Waals surface area contributed by atoms with Gasteiger partial charge in [-0.3, -0.25) is 4.68 Å². The summed E-state index contributed by atoms with van der Waals surface area (Å²) in [6, 6.07) is -0.331. The number of carboxylic acid groups (broad SMARTS) is 1. The molecule has 1 aromatic rings. The van der Waals surface area contributed by atoms with Crippen LogP contribution in [0, 0.1) is 0 Å². The normalized spacial score (nSPS) is 29.6. The van der Waals surface area contributed by atoms with Gasteiger partial charge >= 0.3 is 6.09 Å². The van der Waals surface area contributed by atoms with E-state index in [0.29, 0.717) is 5.69 Å². The molecule has 1 aromatic heterocycles. The molecule has 0 aromatic carbocycles. The van der Waals surface area contributed by atoms with Crippen molar-refractivity contribution in [2.24, 2.45) is 0 Å². The van der Waals surface area contributed by atoms with Crippen LogP contribution in [0.4, 0.5) is 13.6 Å². The number of alkyl halides is 2. The van der Waals surface area contributed by atoms with Gasteiger partial charge in [-0.15, -0.1) is 0 Å². The smallest absolute Gasteiger partial charge is 0.407 e. The molecule has 23 heavy (non-hydrogen) atoms.